The van der Waals surface area contributed by atoms with Gasteiger partial charge in [0.2, 0.25) is 0 Å². The average molecular weight is 355 g/mol. The molecule has 2 aliphatic rings. The van der Waals surface area contributed by atoms with Crippen molar-refractivity contribution in [1.29, 1.82) is 0 Å². The van der Waals surface area contributed by atoms with Crippen LogP contribution in [0.25, 0.3) is 5.69 Å². The second-order valence-electron chi connectivity index (χ2n) is 6.29. The van der Waals surface area contributed by atoms with Crippen LogP contribution in [0.4, 0.5) is 0 Å². The van der Waals surface area contributed by atoms with Gasteiger partial charge in [0.25, 0.3) is 0 Å². The summed E-state index contributed by atoms with van der Waals surface area (Å²) in [5, 5.41) is 11.5. The van der Waals surface area contributed by atoms with E-state index in [0.717, 1.165) is 24.3 Å². The maximum Gasteiger partial charge on any atom is 0.0693 e. The molecule has 23 heavy (non-hydrogen) atoms. The van der Waals surface area contributed by atoms with Gasteiger partial charge in [0.1, 0.15) is 0 Å². The normalized spacial score (nSPS) is 25.9. The lowest BCUT2D eigenvalue weighted by molar-refractivity contribution is 0.494. The summed E-state index contributed by atoms with van der Waals surface area (Å²) >= 11 is 0. The summed E-state index contributed by atoms with van der Waals surface area (Å²) in [4.78, 5) is 0. The molecule has 1 saturated heterocycles. The van der Waals surface area contributed by atoms with Crippen LogP contribution in [0.1, 0.15) is 18.5 Å². The summed E-state index contributed by atoms with van der Waals surface area (Å²) in [5.41, 5.74) is 2.48. The van der Waals surface area contributed by atoms with E-state index in [4.69, 9.17) is 0 Å². The number of benzene rings is 1. The highest BCUT2D eigenvalue weighted by molar-refractivity contribution is 5.85. The number of piperidine rings is 1. The predicted molar refractivity (Wildman–Crippen MR) is 97.8 cm³/mol. The summed E-state index contributed by atoms with van der Waals surface area (Å²) in [6.45, 7) is 5.81. The zero-order valence-electron chi connectivity index (χ0n) is 13.2. The van der Waals surface area contributed by atoms with Gasteiger partial charge >= 0.3 is 0 Å². The van der Waals surface area contributed by atoms with E-state index in [0.29, 0.717) is 6.04 Å². The van der Waals surface area contributed by atoms with Crippen molar-refractivity contribution in [1.82, 2.24) is 20.4 Å². The minimum Gasteiger partial charge on any atom is -0.316 e. The van der Waals surface area contributed by atoms with E-state index >= 15 is 0 Å². The van der Waals surface area contributed by atoms with E-state index in [1.165, 1.54) is 24.3 Å². The molecule has 1 aromatic heterocycles. The molecule has 1 aliphatic carbocycles. The molecule has 6 heteroatoms. The number of rotatable bonds is 5. The smallest absolute Gasteiger partial charge is 0.0693 e. The fourth-order valence-corrected chi connectivity index (χ4v) is 3.75. The Morgan fingerprint density at radius 1 is 1.22 bits per heavy atom. The van der Waals surface area contributed by atoms with Gasteiger partial charge in [-0.3, -0.25) is 0 Å². The Morgan fingerprint density at radius 3 is 2.65 bits per heavy atom. The molecule has 1 aromatic carbocycles. The Bertz CT molecular complexity index is 607. The van der Waals surface area contributed by atoms with Crippen molar-refractivity contribution >= 4 is 24.8 Å². The highest BCUT2D eigenvalue weighted by Crippen LogP contribution is 2.48. The van der Waals surface area contributed by atoms with Crippen LogP contribution in [-0.4, -0.2) is 29.4 Å². The topological polar surface area (TPSA) is 41.9 Å². The van der Waals surface area contributed by atoms with E-state index in [1.54, 1.807) is 0 Å². The number of nitrogens with one attached hydrogen (secondary N) is 2. The summed E-state index contributed by atoms with van der Waals surface area (Å²) in [7, 11) is 0. The molecule has 1 aliphatic heterocycles. The molecule has 0 radical (unpaired) electrons. The van der Waals surface area contributed by atoms with Crippen molar-refractivity contribution < 1.29 is 0 Å². The first-order valence-electron chi connectivity index (χ1n) is 7.87. The Hall–Kier alpha value is -1.07. The maximum atomic E-state index is 4.36. The molecule has 4 nitrogen and oxygen atoms in total. The number of hydrogen-bond donors (Lipinski definition) is 2. The predicted octanol–water partition coefficient (Wildman–Crippen LogP) is 2.83. The molecule has 2 N–H and O–H groups in total. The monoisotopic (exact) mass is 354 g/mol. The number of halogens is 2. The molecule has 4 rings (SSSR count). The summed E-state index contributed by atoms with van der Waals surface area (Å²) in [6.07, 6.45) is 3.83. The van der Waals surface area contributed by atoms with Crippen molar-refractivity contribution in [2.45, 2.75) is 13.0 Å². The van der Waals surface area contributed by atoms with E-state index in [-0.39, 0.29) is 24.8 Å². The SMILES string of the molecule is CC(NCC1[C@H]2CNC[C@@H]12)c1ccccc1-n1cccn1.Cl.Cl. The van der Waals surface area contributed by atoms with Crippen molar-refractivity contribution in [3.63, 3.8) is 0 Å². The number of hydrogen-bond acceptors (Lipinski definition) is 3. The van der Waals surface area contributed by atoms with Crippen LogP contribution in [0.3, 0.4) is 0 Å². The van der Waals surface area contributed by atoms with Crippen LogP contribution in [-0.2, 0) is 0 Å². The lowest BCUT2D eigenvalue weighted by Crippen LogP contribution is -2.26. The van der Waals surface area contributed by atoms with Gasteiger partial charge in [-0.15, -0.1) is 24.8 Å². The largest absolute Gasteiger partial charge is 0.316 e. The van der Waals surface area contributed by atoms with Gasteiger partial charge in [-0.1, -0.05) is 18.2 Å². The van der Waals surface area contributed by atoms with E-state index < -0.39 is 0 Å². The quantitative estimate of drug-likeness (QED) is 0.867. The van der Waals surface area contributed by atoms with E-state index in [1.807, 2.05) is 23.1 Å². The Morgan fingerprint density at radius 2 is 1.96 bits per heavy atom. The number of para-hydroxylation sites is 1. The lowest BCUT2D eigenvalue weighted by atomic mass is 10.1. The zero-order chi connectivity index (χ0) is 14.2. The summed E-state index contributed by atoms with van der Waals surface area (Å²) < 4.78 is 1.95. The molecule has 0 amide bonds. The molecule has 4 atom stereocenters. The molecule has 1 saturated carbocycles. The van der Waals surface area contributed by atoms with Crippen molar-refractivity contribution in [2.75, 3.05) is 19.6 Å². The fraction of sp³-hybridized carbons (Fsp3) is 0.471. The van der Waals surface area contributed by atoms with Gasteiger partial charge in [0, 0.05) is 18.4 Å². The van der Waals surface area contributed by atoms with Crippen LogP contribution < -0.4 is 10.6 Å². The van der Waals surface area contributed by atoms with Crippen LogP contribution in [0.15, 0.2) is 42.7 Å². The van der Waals surface area contributed by atoms with Crippen LogP contribution >= 0.6 is 24.8 Å². The maximum absolute atomic E-state index is 4.36. The zero-order valence-corrected chi connectivity index (χ0v) is 14.8. The Labute approximate surface area is 149 Å². The van der Waals surface area contributed by atoms with Gasteiger partial charge in [-0.2, -0.15) is 5.10 Å². The van der Waals surface area contributed by atoms with Gasteiger partial charge in [0.05, 0.1) is 5.69 Å². The Balaban J connectivity index is 0.000000960. The van der Waals surface area contributed by atoms with Crippen LogP contribution in [0.5, 0.6) is 0 Å². The summed E-state index contributed by atoms with van der Waals surface area (Å²) in [5.74, 6) is 2.72. The first-order valence-corrected chi connectivity index (χ1v) is 7.87. The van der Waals surface area contributed by atoms with Gasteiger partial charge in [0.15, 0.2) is 0 Å². The number of aromatic nitrogens is 2. The number of fused-ring (bicyclic) bond motifs is 1. The molecule has 0 spiro atoms. The third-order valence-electron chi connectivity index (χ3n) is 5.08. The van der Waals surface area contributed by atoms with Crippen molar-refractivity contribution in [3.05, 3.63) is 48.3 Å². The number of nitrogens with zero attached hydrogens (tertiary/aromatic N) is 2. The molecule has 2 aromatic rings. The second-order valence-corrected chi connectivity index (χ2v) is 6.29. The van der Waals surface area contributed by atoms with Gasteiger partial charge in [-0.25, -0.2) is 4.68 Å². The highest BCUT2D eigenvalue weighted by Gasteiger charge is 2.52. The van der Waals surface area contributed by atoms with Crippen molar-refractivity contribution in [3.8, 4) is 5.69 Å². The Kier molecular flexibility index (Phi) is 6.09. The molecule has 2 unspecified atom stereocenters. The standard InChI is InChI=1S/C17H22N4.2ClH/c1-12(19-11-16-14-9-18-10-15(14)16)13-5-2-3-6-17(13)21-8-4-7-20-21;;/h2-8,12,14-16,18-19H,9-11H2,1H3;2*1H/t12?,14-,15+,16?;;. The minimum atomic E-state index is 0. The first kappa shape index (κ1) is 18.3. The lowest BCUT2D eigenvalue weighted by Gasteiger charge is -2.18. The van der Waals surface area contributed by atoms with E-state index in [2.05, 4.69) is 46.9 Å². The van der Waals surface area contributed by atoms with Crippen molar-refractivity contribution in [2.24, 2.45) is 17.8 Å². The molecule has 126 valence electrons. The third kappa shape index (κ3) is 3.56. The second kappa shape index (κ2) is 7.67. The first-order chi connectivity index (χ1) is 10.3. The van der Waals surface area contributed by atoms with Gasteiger partial charge in [-0.05, 0) is 62.0 Å². The molecule has 2 heterocycles. The highest BCUT2D eigenvalue weighted by atomic mass is 35.5. The van der Waals surface area contributed by atoms with Gasteiger partial charge < -0.3 is 10.6 Å². The van der Waals surface area contributed by atoms with Crippen LogP contribution in [0.2, 0.25) is 0 Å². The molecule has 2 fully saturated rings. The van der Waals surface area contributed by atoms with E-state index in [9.17, 15) is 0 Å². The fourth-order valence-electron chi connectivity index (χ4n) is 3.75. The molecular formula is C17H24Cl2N4. The minimum absolute atomic E-state index is 0. The van der Waals surface area contributed by atoms with Crippen LogP contribution in [0, 0.1) is 17.8 Å². The average Bonchev–Trinajstić information content (AvgIpc) is 2.99. The molecule has 0 bridgehead atoms. The summed E-state index contributed by atoms with van der Waals surface area (Å²) in [6, 6.07) is 10.8. The third-order valence-corrected chi connectivity index (χ3v) is 5.08. The molecular weight excluding hydrogens is 331 g/mol.